The maximum absolute atomic E-state index is 9.66. The first-order valence-corrected chi connectivity index (χ1v) is 5.63. The molecule has 2 N–H and O–H groups in total. The minimum Gasteiger partial charge on any atom is -0.390 e. The smallest absolute Gasteiger partial charge is 0.0594 e. The van der Waals surface area contributed by atoms with E-state index in [1.165, 1.54) is 16.8 Å². The molecule has 15 heavy (non-hydrogen) atoms. The van der Waals surface area contributed by atoms with Crippen LogP contribution in [0.4, 0.5) is 5.69 Å². The van der Waals surface area contributed by atoms with Crippen molar-refractivity contribution >= 4 is 5.69 Å². The number of fused-ring (bicyclic) bond motifs is 1. The first-order valence-electron chi connectivity index (χ1n) is 5.63. The maximum atomic E-state index is 9.66. The Bertz CT molecular complexity index is 352. The van der Waals surface area contributed by atoms with Gasteiger partial charge in [-0.1, -0.05) is 12.1 Å². The van der Waals surface area contributed by atoms with Gasteiger partial charge in [0.05, 0.1) is 5.60 Å². The molecule has 1 aliphatic rings. The fourth-order valence-electron chi connectivity index (χ4n) is 1.94. The van der Waals surface area contributed by atoms with Gasteiger partial charge in [0.1, 0.15) is 0 Å². The normalized spacial score (nSPS) is 14.9. The number of aryl methyl sites for hydroxylation is 1. The van der Waals surface area contributed by atoms with Crippen LogP contribution in [0.15, 0.2) is 18.2 Å². The minimum absolute atomic E-state index is 0.563. The molecule has 0 radical (unpaired) electrons. The molecule has 0 saturated carbocycles. The molecule has 0 amide bonds. The zero-order valence-electron chi connectivity index (χ0n) is 9.51. The van der Waals surface area contributed by atoms with Gasteiger partial charge in [0.15, 0.2) is 0 Å². The fraction of sp³-hybridized carbons (Fsp3) is 0.538. The number of anilines is 1. The molecule has 1 aromatic rings. The fourth-order valence-corrected chi connectivity index (χ4v) is 1.94. The number of hydrogen-bond acceptors (Lipinski definition) is 2. The summed E-state index contributed by atoms with van der Waals surface area (Å²) >= 11 is 0. The van der Waals surface area contributed by atoms with E-state index in [1.807, 2.05) is 13.8 Å². The summed E-state index contributed by atoms with van der Waals surface area (Å²) in [5.41, 5.74) is 3.45. The van der Waals surface area contributed by atoms with E-state index in [0.29, 0.717) is 0 Å². The molecule has 0 spiro atoms. The molecule has 2 rings (SSSR count). The Morgan fingerprint density at radius 1 is 1.40 bits per heavy atom. The van der Waals surface area contributed by atoms with Gasteiger partial charge in [0.2, 0.25) is 0 Å². The molecule has 0 aromatic heterocycles. The summed E-state index contributed by atoms with van der Waals surface area (Å²) in [7, 11) is 0. The van der Waals surface area contributed by atoms with E-state index in [-0.39, 0.29) is 0 Å². The average molecular weight is 205 g/mol. The summed E-state index contributed by atoms with van der Waals surface area (Å²) in [5, 5.41) is 13.0. The Labute approximate surface area is 91.3 Å². The summed E-state index contributed by atoms with van der Waals surface area (Å²) < 4.78 is 0. The van der Waals surface area contributed by atoms with Crippen LogP contribution in [0.5, 0.6) is 0 Å². The molecule has 0 fully saturated rings. The van der Waals surface area contributed by atoms with Gasteiger partial charge in [0.25, 0.3) is 0 Å². The second-order valence-electron chi connectivity index (χ2n) is 4.98. The third kappa shape index (κ3) is 2.72. The van der Waals surface area contributed by atoms with Gasteiger partial charge >= 0.3 is 0 Å². The van der Waals surface area contributed by atoms with Crippen molar-refractivity contribution in [3.8, 4) is 0 Å². The van der Waals surface area contributed by atoms with E-state index >= 15 is 0 Å². The highest BCUT2D eigenvalue weighted by Crippen LogP contribution is 2.24. The maximum Gasteiger partial charge on any atom is 0.0594 e. The zero-order chi connectivity index (χ0) is 10.9. The van der Waals surface area contributed by atoms with Crippen LogP contribution < -0.4 is 5.32 Å². The average Bonchev–Trinajstić information content (AvgIpc) is 2.60. The van der Waals surface area contributed by atoms with Crippen LogP contribution in [0, 0.1) is 0 Å². The van der Waals surface area contributed by atoms with E-state index in [0.717, 1.165) is 25.8 Å². The first-order chi connectivity index (χ1) is 7.04. The molecule has 0 saturated heterocycles. The largest absolute Gasteiger partial charge is 0.390 e. The lowest BCUT2D eigenvalue weighted by Crippen LogP contribution is -2.19. The van der Waals surface area contributed by atoms with Crippen LogP contribution in [0.25, 0.3) is 0 Å². The Morgan fingerprint density at radius 2 is 2.20 bits per heavy atom. The Morgan fingerprint density at radius 3 is 2.93 bits per heavy atom. The molecule has 2 nitrogen and oxygen atoms in total. The summed E-state index contributed by atoms with van der Waals surface area (Å²) in [6, 6.07) is 6.60. The molecule has 0 atom stereocenters. The van der Waals surface area contributed by atoms with Gasteiger partial charge in [-0.15, -0.1) is 0 Å². The van der Waals surface area contributed by atoms with E-state index in [9.17, 15) is 5.11 Å². The monoisotopic (exact) mass is 205 g/mol. The zero-order valence-corrected chi connectivity index (χ0v) is 9.51. The highest BCUT2D eigenvalue weighted by Gasteiger charge is 2.14. The van der Waals surface area contributed by atoms with Crippen molar-refractivity contribution in [3.05, 3.63) is 29.3 Å². The lowest BCUT2D eigenvalue weighted by atomic mass is 9.98. The van der Waals surface area contributed by atoms with Gasteiger partial charge in [-0.3, -0.25) is 0 Å². The van der Waals surface area contributed by atoms with Crippen molar-refractivity contribution in [1.29, 1.82) is 0 Å². The Kier molecular flexibility index (Phi) is 2.70. The van der Waals surface area contributed by atoms with Crippen LogP contribution in [0.3, 0.4) is 0 Å². The molecule has 1 heterocycles. The van der Waals surface area contributed by atoms with Crippen molar-refractivity contribution in [3.63, 3.8) is 0 Å². The van der Waals surface area contributed by atoms with Crippen molar-refractivity contribution in [1.82, 2.24) is 0 Å². The lowest BCUT2D eigenvalue weighted by Gasteiger charge is -2.16. The third-order valence-electron chi connectivity index (χ3n) is 2.91. The highest BCUT2D eigenvalue weighted by molar-refractivity contribution is 5.57. The molecule has 0 bridgehead atoms. The van der Waals surface area contributed by atoms with Crippen molar-refractivity contribution in [2.24, 2.45) is 0 Å². The summed E-state index contributed by atoms with van der Waals surface area (Å²) in [5.74, 6) is 0. The molecular weight excluding hydrogens is 186 g/mol. The van der Waals surface area contributed by atoms with Crippen molar-refractivity contribution in [2.45, 2.75) is 38.7 Å². The van der Waals surface area contributed by atoms with Gasteiger partial charge < -0.3 is 10.4 Å². The number of rotatable bonds is 3. The highest BCUT2D eigenvalue weighted by atomic mass is 16.3. The first kappa shape index (κ1) is 10.5. The predicted molar refractivity (Wildman–Crippen MR) is 63.3 cm³/mol. The van der Waals surface area contributed by atoms with Crippen molar-refractivity contribution < 1.29 is 5.11 Å². The summed E-state index contributed by atoms with van der Waals surface area (Å²) in [6.45, 7) is 4.78. The number of hydrogen-bond donors (Lipinski definition) is 2. The van der Waals surface area contributed by atoms with E-state index in [4.69, 9.17) is 0 Å². The van der Waals surface area contributed by atoms with E-state index in [2.05, 4.69) is 23.5 Å². The molecule has 82 valence electrons. The van der Waals surface area contributed by atoms with E-state index < -0.39 is 5.60 Å². The number of benzene rings is 1. The Balaban J connectivity index is 2.04. The summed E-state index contributed by atoms with van der Waals surface area (Å²) in [6.07, 6.45) is 2.89. The number of nitrogens with one attached hydrogen (secondary N) is 1. The topological polar surface area (TPSA) is 32.3 Å². The minimum atomic E-state index is -0.563. The standard InChI is InChI=1S/C13H19NO/c1-13(2,15)7-5-10-3-4-11-6-8-14-12(11)9-10/h3-4,9,14-15H,5-8H2,1-2H3. The van der Waals surface area contributed by atoms with E-state index in [1.54, 1.807) is 0 Å². The second kappa shape index (κ2) is 3.86. The van der Waals surface area contributed by atoms with Gasteiger partial charge in [-0.2, -0.15) is 0 Å². The third-order valence-corrected chi connectivity index (χ3v) is 2.91. The van der Waals surface area contributed by atoms with Crippen molar-refractivity contribution in [2.75, 3.05) is 11.9 Å². The van der Waals surface area contributed by atoms with Crippen LogP contribution in [-0.2, 0) is 12.8 Å². The Hall–Kier alpha value is -1.02. The molecule has 0 aliphatic carbocycles. The molecule has 2 heteroatoms. The number of aliphatic hydroxyl groups is 1. The van der Waals surface area contributed by atoms with Gasteiger partial charge in [-0.25, -0.2) is 0 Å². The van der Waals surface area contributed by atoms with Crippen LogP contribution in [0.2, 0.25) is 0 Å². The van der Waals surface area contributed by atoms with Crippen LogP contribution in [-0.4, -0.2) is 17.3 Å². The quantitative estimate of drug-likeness (QED) is 0.794. The molecular formula is C13H19NO. The lowest BCUT2D eigenvalue weighted by molar-refractivity contribution is 0.0714. The summed E-state index contributed by atoms with van der Waals surface area (Å²) in [4.78, 5) is 0. The predicted octanol–water partition coefficient (Wildman–Crippen LogP) is 2.36. The molecule has 0 unspecified atom stereocenters. The van der Waals surface area contributed by atoms with Crippen LogP contribution in [0.1, 0.15) is 31.4 Å². The van der Waals surface area contributed by atoms with Crippen LogP contribution >= 0.6 is 0 Å². The molecule has 1 aromatic carbocycles. The van der Waals surface area contributed by atoms with Gasteiger partial charge in [-0.05, 0) is 50.3 Å². The SMILES string of the molecule is CC(C)(O)CCc1ccc2c(c1)NCC2. The molecule has 1 aliphatic heterocycles. The second-order valence-corrected chi connectivity index (χ2v) is 4.98. The van der Waals surface area contributed by atoms with Gasteiger partial charge in [0, 0.05) is 12.2 Å².